The second-order valence-electron chi connectivity index (χ2n) is 10.5. The Balaban J connectivity index is 1.80. The summed E-state index contributed by atoms with van der Waals surface area (Å²) in [6, 6.07) is 16.6. The van der Waals surface area contributed by atoms with Gasteiger partial charge in [-0.15, -0.1) is 5.10 Å². The van der Waals surface area contributed by atoms with Gasteiger partial charge < -0.3 is 4.98 Å². The highest BCUT2D eigenvalue weighted by Crippen LogP contribution is 2.30. The molecular formula is C28H36N6O. The zero-order chi connectivity index (χ0) is 25.2. The molecule has 0 radical (unpaired) electrons. The number of nitrogens with zero attached hydrogens (tertiary/aromatic N) is 5. The van der Waals surface area contributed by atoms with E-state index in [-0.39, 0.29) is 17.1 Å². The molecule has 1 atom stereocenters. The van der Waals surface area contributed by atoms with E-state index >= 15 is 0 Å². The molecule has 7 nitrogen and oxygen atoms in total. The van der Waals surface area contributed by atoms with E-state index in [4.69, 9.17) is 0 Å². The first-order chi connectivity index (χ1) is 16.7. The third-order valence-corrected chi connectivity index (χ3v) is 6.40. The van der Waals surface area contributed by atoms with Crippen molar-refractivity contribution in [3.8, 4) is 0 Å². The first kappa shape index (κ1) is 24.8. The lowest BCUT2D eigenvalue weighted by atomic mass is 10.0. The third kappa shape index (κ3) is 5.51. The molecule has 4 rings (SSSR count). The molecule has 184 valence electrons. The van der Waals surface area contributed by atoms with E-state index in [1.165, 1.54) is 11.1 Å². The van der Waals surface area contributed by atoms with E-state index < -0.39 is 0 Å². The number of hydrogen-bond donors (Lipinski definition) is 1. The highest BCUT2D eigenvalue weighted by molar-refractivity contribution is 5.82. The minimum Gasteiger partial charge on any atom is -0.321 e. The van der Waals surface area contributed by atoms with Crippen molar-refractivity contribution in [3.05, 3.63) is 87.0 Å². The molecule has 0 saturated carbocycles. The van der Waals surface area contributed by atoms with Crippen molar-refractivity contribution in [3.63, 3.8) is 0 Å². The summed E-state index contributed by atoms with van der Waals surface area (Å²) < 4.78 is 1.92. The first-order valence-electron chi connectivity index (χ1n) is 12.4. The Bertz CT molecular complexity index is 1350. The SMILES string of the molecule is CCCC(c1nnnn1C(C)(C)C)N(Cc1ccccc1)Cc1cc2cc(C)cc(C)c2[nH]c1=O. The molecule has 4 aromatic rings. The van der Waals surface area contributed by atoms with E-state index in [9.17, 15) is 4.79 Å². The summed E-state index contributed by atoms with van der Waals surface area (Å²) in [4.78, 5) is 18.7. The van der Waals surface area contributed by atoms with Crippen molar-refractivity contribution in [2.45, 2.75) is 79.1 Å². The molecule has 0 amide bonds. The largest absolute Gasteiger partial charge is 0.321 e. The van der Waals surface area contributed by atoms with Crippen molar-refractivity contribution >= 4 is 10.9 Å². The molecule has 35 heavy (non-hydrogen) atoms. The molecule has 2 heterocycles. The van der Waals surface area contributed by atoms with Gasteiger partial charge in [-0.1, -0.05) is 55.3 Å². The van der Waals surface area contributed by atoms with Gasteiger partial charge in [0.05, 0.1) is 17.1 Å². The van der Waals surface area contributed by atoms with Crippen LogP contribution in [0.4, 0.5) is 0 Å². The van der Waals surface area contributed by atoms with Crippen LogP contribution < -0.4 is 5.56 Å². The molecular weight excluding hydrogens is 436 g/mol. The van der Waals surface area contributed by atoms with E-state index in [0.717, 1.165) is 40.7 Å². The summed E-state index contributed by atoms with van der Waals surface area (Å²) >= 11 is 0. The maximum Gasteiger partial charge on any atom is 0.252 e. The van der Waals surface area contributed by atoms with E-state index in [1.807, 2.05) is 23.7 Å². The maximum atomic E-state index is 13.2. The van der Waals surface area contributed by atoms with Crippen LogP contribution in [0.2, 0.25) is 0 Å². The molecule has 0 aliphatic carbocycles. The molecule has 0 spiro atoms. The van der Waals surface area contributed by atoms with Crippen LogP contribution in [0.15, 0.2) is 53.3 Å². The Morgan fingerprint density at radius 3 is 2.49 bits per heavy atom. The predicted molar refractivity (Wildman–Crippen MR) is 140 cm³/mol. The quantitative estimate of drug-likeness (QED) is 0.370. The lowest BCUT2D eigenvalue weighted by Gasteiger charge is -2.33. The second-order valence-corrected chi connectivity index (χ2v) is 10.5. The maximum absolute atomic E-state index is 13.2. The number of nitrogens with one attached hydrogen (secondary N) is 1. The van der Waals surface area contributed by atoms with Crippen LogP contribution in [0, 0.1) is 13.8 Å². The summed E-state index contributed by atoms with van der Waals surface area (Å²) in [5.74, 6) is 0.833. The number of tetrazole rings is 1. The Morgan fingerprint density at radius 2 is 1.80 bits per heavy atom. The molecule has 7 heteroatoms. The van der Waals surface area contributed by atoms with Crippen molar-refractivity contribution in [2.24, 2.45) is 0 Å². The number of aryl methyl sites for hydroxylation is 2. The summed E-state index contributed by atoms with van der Waals surface area (Å²) in [5.41, 5.74) is 4.80. The topological polar surface area (TPSA) is 79.7 Å². The fourth-order valence-corrected chi connectivity index (χ4v) is 4.79. The lowest BCUT2D eigenvalue weighted by Crippen LogP contribution is -2.35. The fourth-order valence-electron chi connectivity index (χ4n) is 4.79. The summed E-state index contributed by atoms with van der Waals surface area (Å²) in [7, 11) is 0. The third-order valence-electron chi connectivity index (χ3n) is 6.40. The van der Waals surface area contributed by atoms with Gasteiger partial charge >= 0.3 is 0 Å². The summed E-state index contributed by atoms with van der Waals surface area (Å²) in [6.45, 7) is 13.8. The van der Waals surface area contributed by atoms with Crippen LogP contribution in [-0.2, 0) is 18.6 Å². The normalized spacial score (nSPS) is 13.0. The highest BCUT2D eigenvalue weighted by Gasteiger charge is 2.30. The van der Waals surface area contributed by atoms with Crippen LogP contribution in [-0.4, -0.2) is 30.1 Å². The molecule has 0 bridgehead atoms. The average Bonchev–Trinajstić information content (AvgIpc) is 3.29. The van der Waals surface area contributed by atoms with Crippen molar-refractivity contribution in [1.29, 1.82) is 0 Å². The van der Waals surface area contributed by atoms with Crippen LogP contribution in [0.25, 0.3) is 10.9 Å². The molecule has 0 saturated heterocycles. The number of fused-ring (bicyclic) bond motifs is 1. The molecule has 1 unspecified atom stereocenters. The number of aromatic amines is 1. The molecule has 2 aromatic heterocycles. The molecule has 1 N–H and O–H groups in total. The van der Waals surface area contributed by atoms with Crippen LogP contribution >= 0.6 is 0 Å². The number of benzene rings is 2. The molecule has 0 aliphatic rings. The zero-order valence-corrected chi connectivity index (χ0v) is 21.7. The van der Waals surface area contributed by atoms with Gasteiger partial charge in [-0.2, -0.15) is 0 Å². The zero-order valence-electron chi connectivity index (χ0n) is 21.7. The van der Waals surface area contributed by atoms with E-state index in [1.54, 1.807) is 0 Å². The van der Waals surface area contributed by atoms with Crippen LogP contribution in [0.5, 0.6) is 0 Å². The van der Waals surface area contributed by atoms with E-state index in [0.29, 0.717) is 13.1 Å². The van der Waals surface area contributed by atoms with Gasteiger partial charge in [0.25, 0.3) is 5.56 Å². The number of rotatable bonds is 8. The second kappa shape index (κ2) is 10.1. The number of hydrogen-bond acceptors (Lipinski definition) is 5. The minimum atomic E-state index is -0.251. The first-order valence-corrected chi connectivity index (χ1v) is 12.4. The minimum absolute atomic E-state index is 0.0382. The summed E-state index contributed by atoms with van der Waals surface area (Å²) in [5, 5.41) is 13.9. The monoisotopic (exact) mass is 472 g/mol. The van der Waals surface area contributed by atoms with Crippen molar-refractivity contribution in [2.75, 3.05) is 0 Å². The van der Waals surface area contributed by atoms with Gasteiger partial charge in [0.2, 0.25) is 0 Å². The summed E-state index contributed by atoms with van der Waals surface area (Å²) in [6.07, 6.45) is 1.85. The van der Waals surface area contributed by atoms with E-state index in [2.05, 4.69) is 96.4 Å². The average molecular weight is 473 g/mol. The van der Waals surface area contributed by atoms with Crippen molar-refractivity contribution < 1.29 is 0 Å². The lowest BCUT2D eigenvalue weighted by molar-refractivity contribution is 0.148. The number of H-pyrrole nitrogens is 1. The van der Waals surface area contributed by atoms with Crippen LogP contribution in [0.1, 0.15) is 74.7 Å². The van der Waals surface area contributed by atoms with Gasteiger partial charge in [0.1, 0.15) is 0 Å². The number of pyridine rings is 1. The molecule has 0 fully saturated rings. The Morgan fingerprint density at radius 1 is 1.06 bits per heavy atom. The number of aromatic nitrogens is 5. The van der Waals surface area contributed by atoms with Gasteiger partial charge in [-0.3, -0.25) is 9.69 Å². The van der Waals surface area contributed by atoms with Crippen molar-refractivity contribution in [1.82, 2.24) is 30.1 Å². The Kier molecular flexibility index (Phi) is 7.17. The highest BCUT2D eigenvalue weighted by atomic mass is 16.1. The predicted octanol–water partition coefficient (Wildman–Crippen LogP) is 5.43. The Hall–Kier alpha value is -3.32. The van der Waals surface area contributed by atoms with Gasteiger partial charge in [0, 0.05) is 18.7 Å². The molecule has 0 aliphatic heterocycles. The standard InChI is InChI=1S/C28H36N6O/c1-7-11-24(26-30-31-32-34(26)28(4,5)6)33(17-21-12-9-8-10-13-21)18-23-16-22-15-19(2)14-20(3)25(22)29-27(23)35/h8-10,12-16,24H,7,11,17-18H2,1-6H3,(H,29,35). The van der Waals surface area contributed by atoms with Gasteiger partial charge in [-0.05, 0) is 80.1 Å². The Labute approximate surface area is 207 Å². The smallest absolute Gasteiger partial charge is 0.252 e. The fraction of sp³-hybridized carbons (Fsp3) is 0.429. The molecule has 2 aromatic carbocycles. The van der Waals surface area contributed by atoms with Crippen LogP contribution in [0.3, 0.4) is 0 Å². The van der Waals surface area contributed by atoms with Gasteiger partial charge in [0.15, 0.2) is 5.82 Å². The van der Waals surface area contributed by atoms with Gasteiger partial charge in [-0.25, -0.2) is 4.68 Å².